The lowest BCUT2D eigenvalue weighted by Gasteiger charge is -2.15. The minimum Gasteiger partial charge on any atom is -0.375 e. The standard InChI is InChI=1S/C14H21NO/c1-11-7-8-13(16-11)9-10-14(15)12-5-3-2-4-6-12/h2-6,11,13-14H,7-10,15H2,1H3. The average molecular weight is 219 g/mol. The fourth-order valence-corrected chi connectivity index (χ4v) is 2.33. The van der Waals surface area contributed by atoms with E-state index in [4.69, 9.17) is 10.5 Å². The van der Waals surface area contributed by atoms with Crippen LogP contribution in [0.4, 0.5) is 0 Å². The molecular weight excluding hydrogens is 198 g/mol. The summed E-state index contributed by atoms with van der Waals surface area (Å²) in [7, 11) is 0. The molecule has 0 aromatic heterocycles. The van der Waals surface area contributed by atoms with Crippen molar-refractivity contribution in [3.05, 3.63) is 35.9 Å². The molecule has 0 bridgehead atoms. The highest BCUT2D eigenvalue weighted by atomic mass is 16.5. The molecule has 1 aromatic rings. The van der Waals surface area contributed by atoms with Crippen LogP contribution in [-0.4, -0.2) is 12.2 Å². The Kier molecular flexibility index (Phi) is 3.97. The summed E-state index contributed by atoms with van der Waals surface area (Å²) in [4.78, 5) is 0. The molecule has 2 N–H and O–H groups in total. The molecule has 1 aliphatic rings. The van der Waals surface area contributed by atoms with Gasteiger partial charge in [-0.1, -0.05) is 30.3 Å². The Morgan fingerprint density at radius 1 is 1.31 bits per heavy atom. The van der Waals surface area contributed by atoms with Crippen LogP contribution in [-0.2, 0) is 4.74 Å². The fourth-order valence-electron chi connectivity index (χ4n) is 2.33. The fraction of sp³-hybridized carbons (Fsp3) is 0.571. The third-order valence-electron chi connectivity index (χ3n) is 3.35. The number of ether oxygens (including phenoxy) is 1. The summed E-state index contributed by atoms with van der Waals surface area (Å²) in [6.07, 6.45) is 5.37. The highest BCUT2D eigenvalue weighted by Gasteiger charge is 2.22. The van der Waals surface area contributed by atoms with Crippen LogP contribution in [0, 0.1) is 0 Å². The first-order chi connectivity index (χ1) is 7.75. The van der Waals surface area contributed by atoms with Gasteiger partial charge in [-0.25, -0.2) is 0 Å². The summed E-state index contributed by atoms with van der Waals surface area (Å²) in [5.41, 5.74) is 7.38. The first kappa shape index (κ1) is 11.6. The Balaban J connectivity index is 1.78. The van der Waals surface area contributed by atoms with Crippen LogP contribution in [0.3, 0.4) is 0 Å². The summed E-state index contributed by atoms with van der Waals surface area (Å²) in [5, 5.41) is 0. The van der Waals surface area contributed by atoms with Gasteiger partial charge < -0.3 is 10.5 Å². The predicted octanol–water partition coefficient (Wildman–Crippen LogP) is 3.03. The van der Waals surface area contributed by atoms with Gasteiger partial charge in [-0.2, -0.15) is 0 Å². The van der Waals surface area contributed by atoms with Gasteiger partial charge in [-0.15, -0.1) is 0 Å². The van der Waals surface area contributed by atoms with E-state index in [1.54, 1.807) is 0 Å². The van der Waals surface area contributed by atoms with E-state index < -0.39 is 0 Å². The van der Waals surface area contributed by atoms with Crippen molar-refractivity contribution in [2.75, 3.05) is 0 Å². The zero-order chi connectivity index (χ0) is 11.4. The lowest BCUT2D eigenvalue weighted by molar-refractivity contribution is 0.0487. The number of hydrogen-bond donors (Lipinski definition) is 1. The maximum absolute atomic E-state index is 6.15. The highest BCUT2D eigenvalue weighted by Crippen LogP contribution is 2.25. The average Bonchev–Trinajstić information content (AvgIpc) is 2.73. The van der Waals surface area contributed by atoms with Crippen LogP contribution >= 0.6 is 0 Å². The molecule has 2 rings (SSSR count). The smallest absolute Gasteiger partial charge is 0.0580 e. The van der Waals surface area contributed by atoms with E-state index in [2.05, 4.69) is 19.1 Å². The van der Waals surface area contributed by atoms with Gasteiger partial charge in [-0.3, -0.25) is 0 Å². The Hall–Kier alpha value is -0.860. The van der Waals surface area contributed by atoms with Crippen molar-refractivity contribution in [1.29, 1.82) is 0 Å². The molecule has 88 valence electrons. The van der Waals surface area contributed by atoms with Gasteiger partial charge in [0.15, 0.2) is 0 Å². The molecule has 2 nitrogen and oxygen atoms in total. The van der Waals surface area contributed by atoms with Gasteiger partial charge >= 0.3 is 0 Å². The largest absolute Gasteiger partial charge is 0.375 e. The molecule has 2 heteroatoms. The number of nitrogens with two attached hydrogens (primary N) is 1. The predicted molar refractivity (Wildman–Crippen MR) is 66.2 cm³/mol. The van der Waals surface area contributed by atoms with Crippen LogP contribution in [0.25, 0.3) is 0 Å². The van der Waals surface area contributed by atoms with Crippen LogP contribution < -0.4 is 5.73 Å². The van der Waals surface area contributed by atoms with Crippen LogP contribution in [0.1, 0.15) is 44.2 Å². The Morgan fingerprint density at radius 2 is 2.06 bits per heavy atom. The van der Waals surface area contributed by atoms with Crippen LogP contribution in [0.5, 0.6) is 0 Å². The van der Waals surface area contributed by atoms with Crippen molar-refractivity contribution in [2.24, 2.45) is 5.73 Å². The van der Waals surface area contributed by atoms with E-state index >= 15 is 0 Å². The molecule has 1 aliphatic heterocycles. The summed E-state index contributed by atoms with van der Waals surface area (Å²) in [6.45, 7) is 2.15. The molecule has 0 radical (unpaired) electrons. The van der Waals surface area contributed by atoms with E-state index in [-0.39, 0.29) is 6.04 Å². The van der Waals surface area contributed by atoms with E-state index in [0.717, 1.165) is 12.8 Å². The van der Waals surface area contributed by atoms with Crippen LogP contribution in [0.2, 0.25) is 0 Å². The Labute approximate surface area is 97.8 Å². The van der Waals surface area contributed by atoms with Gasteiger partial charge in [0.05, 0.1) is 12.2 Å². The second kappa shape index (κ2) is 5.46. The van der Waals surface area contributed by atoms with Gasteiger partial charge in [-0.05, 0) is 38.2 Å². The second-order valence-electron chi connectivity index (χ2n) is 4.74. The van der Waals surface area contributed by atoms with Crippen molar-refractivity contribution in [3.63, 3.8) is 0 Å². The van der Waals surface area contributed by atoms with Crippen LogP contribution in [0.15, 0.2) is 30.3 Å². The van der Waals surface area contributed by atoms with Crippen molar-refractivity contribution >= 4 is 0 Å². The first-order valence-corrected chi connectivity index (χ1v) is 6.21. The number of rotatable bonds is 4. The number of benzene rings is 1. The zero-order valence-electron chi connectivity index (χ0n) is 9.93. The summed E-state index contributed by atoms with van der Waals surface area (Å²) in [5.74, 6) is 0. The third-order valence-corrected chi connectivity index (χ3v) is 3.35. The molecule has 0 amide bonds. The lowest BCUT2D eigenvalue weighted by atomic mass is 10.0. The molecule has 3 atom stereocenters. The van der Waals surface area contributed by atoms with Crippen molar-refractivity contribution in [1.82, 2.24) is 0 Å². The maximum atomic E-state index is 6.15. The summed E-state index contributed by atoms with van der Waals surface area (Å²) < 4.78 is 5.79. The molecule has 0 spiro atoms. The molecule has 1 heterocycles. The van der Waals surface area contributed by atoms with Gasteiger partial charge in [0.2, 0.25) is 0 Å². The Bertz CT molecular complexity index is 312. The molecule has 1 saturated heterocycles. The normalized spacial score (nSPS) is 26.9. The minimum absolute atomic E-state index is 0.153. The first-order valence-electron chi connectivity index (χ1n) is 6.21. The van der Waals surface area contributed by atoms with E-state index in [0.29, 0.717) is 12.2 Å². The van der Waals surface area contributed by atoms with E-state index in [9.17, 15) is 0 Å². The molecule has 1 fully saturated rings. The highest BCUT2D eigenvalue weighted by molar-refractivity contribution is 5.18. The topological polar surface area (TPSA) is 35.2 Å². The van der Waals surface area contributed by atoms with E-state index in [1.165, 1.54) is 18.4 Å². The molecule has 0 aliphatic carbocycles. The quantitative estimate of drug-likeness (QED) is 0.844. The molecule has 16 heavy (non-hydrogen) atoms. The Morgan fingerprint density at radius 3 is 2.69 bits per heavy atom. The monoisotopic (exact) mass is 219 g/mol. The number of hydrogen-bond acceptors (Lipinski definition) is 2. The SMILES string of the molecule is CC1CCC(CCC(N)c2ccccc2)O1. The molecule has 3 unspecified atom stereocenters. The van der Waals surface area contributed by atoms with Gasteiger partial charge in [0.25, 0.3) is 0 Å². The summed E-state index contributed by atoms with van der Waals surface area (Å²) in [6, 6.07) is 10.5. The third kappa shape index (κ3) is 3.06. The van der Waals surface area contributed by atoms with Gasteiger partial charge in [0.1, 0.15) is 0 Å². The van der Waals surface area contributed by atoms with Crippen molar-refractivity contribution in [2.45, 2.75) is 50.9 Å². The second-order valence-corrected chi connectivity index (χ2v) is 4.74. The van der Waals surface area contributed by atoms with Gasteiger partial charge in [0, 0.05) is 6.04 Å². The summed E-state index contributed by atoms with van der Waals surface area (Å²) >= 11 is 0. The van der Waals surface area contributed by atoms with Crippen molar-refractivity contribution in [3.8, 4) is 0 Å². The molecule has 0 saturated carbocycles. The molecule has 1 aromatic carbocycles. The minimum atomic E-state index is 0.153. The van der Waals surface area contributed by atoms with Crippen molar-refractivity contribution < 1.29 is 4.74 Å². The van der Waals surface area contributed by atoms with E-state index in [1.807, 2.05) is 18.2 Å². The maximum Gasteiger partial charge on any atom is 0.0580 e. The zero-order valence-corrected chi connectivity index (χ0v) is 9.93. The molecular formula is C14H21NO. The lowest BCUT2D eigenvalue weighted by Crippen LogP contribution is -2.15.